The van der Waals surface area contributed by atoms with E-state index >= 15 is 0 Å². The van der Waals surface area contributed by atoms with Crippen LogP contribution in [0.15, 0.2) is 23.5 Å². The van der Waals surface area contributed by atoms with E-state index in [1.807, 2.05) is 0 Å². The number of allylic oxidation sites excluding steroid dienone is 4. The van der Waals surface area contributed by atoms with Crippen LogP contribution in [0.1, 0.15) is 59.8 Å². The van der Waals surface area contributed by atoms with Crippen molar-refractivity contribution in [2.24, 2.45) is 11.3 Å². The van der Waals surface area contributed by atoms with E-state index in [0.717, 1.165) is 19.3 Å². The molecule has 0 saturated carbocycles. The molecular formula is C15H26O. The minimum absolute atomic E-state index is 0.128. The molecule has 0 saturated heterocycles. The van der Waals surface area contributed by atoms with Crippen LogP contribution in [0.3, 0.4) is 0 Å². The van der Waals surface area contributed by atoms with Gasteiger partial charge in [-0.1, -0.05) is 32.4 Å². The third kappa shape index (κ3) is 4.42. The van der Waals surface area contributed by atoms with Gasteiger partial charge in [0, 0.05) is 5.92 Å². The molecule has 0 bridgehead atoms. The summed E-state index contributed by atoms with van der Waals surface area (Å²) >= 11 is 0. The molecular weight excluding hydrogens is 196 g/mol. The highest BCUT2D eigenvalue weighted by Gasteiger charge is 2.18. The fraction of sp³-hybridized carbons (Fsp3) is 0.733. The van der Waals surface area contributed by atoms with Gasteiger partial charge in [0.2, 0.25) is 0 Å². The molecule has 1 aliphatic carbocycles. The second-order valence-corrected chi connectivity index (χ2v) is 5.94. The highest BCUT2D eigenvalue weighted by atomic mass is 16.3. The van der Waals surface area contributed by atoms with Gasteiger partial charge in [0.1, 0.15) is 0 Å². The molecule has 1 heteroatoms. The molecule has 1 aliphatic rings. The van der Waals surface area contributed by atoms with Crippen LogP contribution in [-0.4, -0.2) is 5.11 Å². The molecule has 0 amide bonds. The van der Waals surface area contributed by atoms with Crippen LogP contribution in [0.2, 0.25) is 0 Å². The highest BCUT2D eigenvalue weighted by Crippen LogP contribution is 2.30. The second-order valence-electron chi connectivity index (χ2n) is 5.94. The fourth-order valence-electron chi connectivity index (χ4n) is 2.27. The first-order valence-electron chi connectivity index (χ1n) is 6.48. The molecule has 0 fully saturated rings. The lowest BCUT2D eigenvalue weighted by molar-refractivity contribution is 0.309. The topological polar surface area (TPSA) is 20.2 Å². The monoisotopic (exact) mass is 222 g/mol. The molecule has 16 heavy (non-hydrogen) atoms. The average molecular weight is 222 g/mol. The summed E-state index contributed by atoms with van der Waals surface area (Å²) in [6.07, 6.45) is 10.1. The van der Waals surface area contributed by atoms with Gasteiger partial charge in [-0.15, -0.1) is 0 Å². The highest BCUT2D eigenvalue weighted by molar-refractivity contribution is 5.06. The summed E-state index contributed by atoms with van der Waals surface area (Å²) in [4.78, 5) is 0. The van der Waals surface area contributed by atoms with Crippen molar-refractivity contribution in [3.63, 3.8) is 0 Å². The van der Waals surface area contributed by atoms with E-state index in [1.54, 1.807) is 0 Å². The number of rotatable bonds is 0. The summed E-state index contributed by atoms with van der Waals surface area (Å²) in [6, 6.07) is 0. The number of hydrogen-bond acceptors (Lipinski definition) is 1. The Bertz CT molecular complexity index is 284. The van der Waals surface area contributed by atoms with Crippen LogP contribution in [0, 0.1) is 11.3 Å². The zero-order valence-electron chi connectivity index (χ0n) is 11.2. The maximum Gasteiger partial charge on any atom is 0.0916 e. The lowest BCUT2D eigenvalue weighted by Crippen LogP contribution is -2.10. The van der Waals surface area contributed by atoms with E-state index in [0.29, 0.717) is 11.7 Å². The average Bonchev–Trinajstić information content (AvgIpc) is 2.16. The van der Waals surface area contributed by atoms with Crippen LogP contribution in [0.25, 0.3) is 0 Å². The molecule has 0 aliphatic heterocycles. The summed E-state index contributed by atoms with van der Waals surface area (Å²) in [6.45, 7) is 8.77. The van der Waals surface area contributed by atoms with Gasteiger partial charge in [0.05, 0.1) is 5.76 Å². The minimum atomic E-state index is 0.128. The molecule has 1 unspecified atom stereocenters. The zero-order chi connectivity index (χ0) is 12.2. The van der Waals surface area contributed by atoms with Crippen molar-refractivity contribution in [1.29, 1.82) is 0 Å². The van der Waals surface area contributed by atoms with Crippen molar-refractivity contribution in [3.05, 3.63) is 23.5 Å². The van der Waals surface area contributed by atoms with Gasteiger partial charge in [-0.05, 0) is 50.5 Å². The van der Waals surface area contributed by atoms with Crippen LogP contribution < -0.4 is 0 Å². The quantitative estimate of drug-likeness (QED) is 0.572. The Kier molecular flexibility index (Phi) is 4.64. The molecule has 0 radical (unpaired) electrons. The van der Waals surface area contributed by atoms with Crippen LogP contribution in [0.5, 0.6) is 0 Å². The minimum Gasteiger partial charge on any atom is -0.512 e. The summed E-state index contributed by atoms with van der Waals surface area (Å²) in [5.41, 5.74) is 1.63. The third-order valence-corrected chi connectivity index (χ3v) is 3.53. The lowest BCUT2D eigenvalue weighted by Gasteiger charge is -2.22. The fourth-order valence-corrected chi connectivity index (χ4v) is 2.27. The number of aliphatic hydroxyl groups is 1. The molecule has 1 atom stereocenters. The Morgan fingerprint density at radius 1 is 1.38 bits per heavy atom. The molecule has 0 aromatic rings. The molecule has 0 heterocycles. The third-order valence-electron chi connectivity index (χ3n) is 3.53. The normalized spacial score (nSPS) is 34.1. The van der Waals surface area contributed by atoms with E-state index in [4.69, 9.17) is 0 Å². The van der Waals surface area contributed by atoms with E-state index in [1.165, 1.54) is 18.4 Å². The van der Waals surface area contributed by atoms with Gasteiger partial charge >= 0.3 is 0 Å². The molecule has 0 aromatic heterocycles. The van der Waals surface area contributed by atoms with Gasteiger partial charge in [-0.2, -0.15) is 0 Å². The van der Waals surface area contributed by atoms with Crippen molar-refractivity contribution in [1.82, 2.24) is 0 Å². The van der Waals surface area contributed by atoms with E-state index in [2.05, 4.69) is 39.8 Å². The predicted octanol–water partition coefficient (Wildman–Crippen LogP) is 5.00. The Morgan fingerprint density at radius 3 is 2.75 bits per heavy atom. The largest absolute Gasteiger partial charge is 0.512 e. The number of aliphatic hydroxyl groups excluding tert-OH is 1. The summed E-state index contributed by atoms with van der Waals surface area (Å²) in [7, 11) is 0. The Labute approximate surface area is 100 Å². The van der Waals surface area contributed by atoms with Gasteiger partial charge in [0.25, 0.3) is 0 Å². The first kappa shape index (κ1) is 13.3. The molecule has 92 valence electrons. The molecule has 1 nitrogen and oxygen atoms in total. The van der Waals surface area contributed by atoms with Crippen LogP contribution >= 0.6 is 0 Å². The van der Waals surface area contributed by atoms with E-state index < -0.39 is 0 Å². The standard InChI is InChI=1S/C15H26O/c1-12-7-5-9-13(2)14(16)11-15(3,4)10-6-8-12/h7,11,13,16H,5-6,8-10H2,1-4H3/b12-7+,14-11+. The summed E-state index contributed by atoms with van der Waals surface area (Å²) in [5, 5.41) is 10.0. The van der Waals surface area contributed by atoms with Crippen molar-refractivity contribution in [3.8, 4) is 0 Å². The Hall–Kier alpha value is -0.720. The Morgan fingerprint density at radius 2 is 2.06 bits per heavy atom. The maximum atomic E-state index is 10.0. The van der Waals surface area contributed by atoms with Crippen LogP contribution in [0.4, 0.5) is 0 Å². The molecule has 1 rings (SSSR count). The van der Waals surface area contributed by atoms with E-state index in [-0.39, 0.29) is 5.41 Å². The zero-order valence-corrected chi connectivity index (χ0v) is 11.2. The van der Waals surface area contributed by atoms with Crippen molar-refractivity contribution in [2.45, 2.75) is 59.8 Å². The van der Waals surface area contributed by atoms with Gasteiger partial charge in [0.15, 0.2) is 0 Å². The van der Waals surface area contributed by atoms with Crippen LogP contribution in [-0.2, 0) is 0 Å². The smallest absolute Gasteiger partial charge is 0.0916 e. The van der Waals surface area contributed by atoms with Crippen molar-refractivity contribution in [2.75, 3.05) is 0 Å². The number of hydrogen-bond donors (Lipinski definition) is 1. The maximum absolute atomic E-state index is 10.0. The van der Waals surface area contributed by atoms with Gasteiger partial charge < -0.3 is 5.11 Å². The molecule has 0 aromatic carbocycles. The lowest BCUT2D eigenvalue weighted by atomic mass is 9.85. The predicted molar refractivity (Wildman–Crippen MR) is 70.5 cm³/mol. The first-order chi connectivity index (χ1) is 7.41. The molecule has 1 N–H and O–H groups in total. The Balaban J connectivity index is 2.80. The second kappa shape index (κ2) is 5.56. The molecule has 0 spiro atoms. The summed E-state index contributed by atoms with van der Waals surface area (Å²) < 4.78 is 0. The van der Waals surface area contributed by atoms with Gasteiger partial charge in [-0.25, -0.2) is 0 Å². The van der Waals surface area contributed by atoms with E-state index in [9.17, 15) is 5.11 Å². The van der Waals surface area contributed by atoms with Crippen molar-refractivity contribution < 1.29 is 5.11 Å². The SMILES string of the molecule is C/C1=C\CCC(C)/C(O)=C\C(C)(C)CCC1. The van der Waals surface area contributed by atoms with Crippen molar-refractivity contribution >= 4 is 0 Å². The van der Waals surface area contributed by atoms with Gasteiger partial charge in [-0.3, -0.25) is 0 Å². The summed E-state index contributed by atoms with van der Waals surface area (Å²) in [5.74, 6) is 0.874. The first-order valence-corrected chi connectivity index (χ1v) is 6.48.